The summed E-state index contributed by atoms with van der Waals surface area (Å²) in [6.07, 6.45) is 2.72. The Morgan fingerprint density at radius 3 is 1.38 bits per heavy atom. The van der Waals surface area contributed by atoms with Crippen LogP contribution in [0.15, 0.2) is 0 Å². The van der Waals surface area contributed by atoms with Gasteiger partial charge in [-0.2, -0.15) is 0 Å². The molecule has 0 saturated heterocycles. The van der Waals surface area contributed by atoms with Gasteiger partial charge in [0.2, 0.25) is 0 Å². The zero-order valence-corrected chi connectivity index (χ0v) is 10.4. The van der Waals surface area contributed by atoms with Crippen LogP contribution in [-0.2, 0) is 0 Å². The summed E-state index contributed by atoms with van der Waals surface area (Å²) >= 11 is 2.87. The van der Waals surface area contributed by atoms with Crippen molar-refractivity contribution >= 4 is 22.4 Å². The predicted molar refractivity (Wildman–Crippen MR) is 33.8 cm³/mol. The van der Waals surface area contributed by atoms with E-state index < -0.39 is 0 Å². The quantitative estimate of drug-likeness (QED) is 0.353. The van der Waals surface area contributed by atoms with Crippen LogP contribution in [0.25, 0.3) is 0 Å². The SMILES string of the molecule is CC[P]([Al+2])CC.[Br-].[Br-]. The van der Waals surface area contributed by atoms with E-state index in [4.69, 9.17) is 0 Å². The molecule has 8 heavy (non-hydrogen) atoms. The zero-order valence-electron chi connectivity index (χ0n) is 5.19. The fourth-order valence-electron chi connectivity index (χ4n) is 0.224. The van der Waals surface area contributed by atoms with Crippen LogP contribution in [-0.4, -0.2) is 28.2 Å². The van der Waals surface area contributed by atoms with Crippen molar-refractivity contribution in [1.82, 2.24) is 0 Å². The second-order valence-electron chi connectivity index (χ2n) is 1.22. The predicted octanol–water partition coefficient (Wildman–Crippen LogP) is -4.40. The molecular weight excluding hydrogens is 266 g/mol. The minimum atomic E-state index is 0. The molecule has 0 bridgehead atoms. The number of halogens is 2. The van der Waals surface area contributed by atoms with Crippen molar-refractivity contribution < 1.29 is 34.0 Å². The first-order valence-electron chi connectivity index (χ1n) is 2.30. The van der Waals surface area contributed by atoms with E-state index in [0.29, 0.717) is 6.57 Å². The van der Waals surface area contributed by atoms with E-state index >= 15 is 0 Å². The molecule has 0 aliphatic heterocycles. The van der Waals surface area contributed by atoms with Crippen LogP contribution < -0.4 is 34.0 Å². The molecule has 0 rings (SSSR count). The van der Waals surface area contributed by atoms with Crippen LogP contribution in [0.4, 0.5) is 0 Å². The van der Waals surface area contributed by atoms with Gasteiger partial charge in [-0.05, 0) is 0 Å². The average molecular weight is 276 g/mol. The molecule has 0 N–H and O–H groups in total. The second-order valence-corrected chi connectivity index (χ2v) is 5.85. The Labute approximate surface area is 82.1 Å². The van der Waals surface area contributed by atoms with Crippen LogP contribution in [0.3, 0.4) is 0 Å². The van der Waals surface area contributed by atoms with Crippen molar-refractivity contribution in [3.8, 4) is 0 Å². The van der Waals surface area contributed by atoms with Crippen LogP contribution >= 0.6 is 6.57 Å². The third-order valence-corrected chi connectivity index (χ3v) is 4.63. The van der Waals surface area contributed by atoms with Gasteiger partial charge in [-0.1, -0.05) is 0 Å². The van der Waals surface area contributed by atoms with E-state index in [0.717, 1.165) is 0 Å². The zero-order chi connectivity index (χ0) is 4.99. The van der Waals surface area contributed by atoms with E-state index in [1.807, 2.05) is 0 Å². The Kier molecular flexibility index (Phi) is 24.1. The van der Waals surface area contributed by atoms with Crippen LogP contribution in [0.1, 0.15) is 13.8 Å². The number of hydrogen-bond donors (Lipinski definition) is 0. The van der Waals surface area contributed by atoms with Crippen molar-refractivity contribution in [3.05, 3.63) is 0 Å². The Morgan fingerprint density at radius 2 is 1.38 bits per heavy atom. The summed E-state index contributed by atoms with van der Waals surface area (Å²) < 4.78 is 0. The third-order valence-electron chi connectivity index (χ3n) is 0.812. The molecule has 0 aromatic heterocycles. The van der Waals surface area contributed by atoms with Gasteiger partial charge in [0.15, 0.2) is 0 Å². The van der Waals surface area contributed by atoms with E-state index in [1.54, 1.807) is 0 Å². The molecular formula is C4H10AlBr2P. The van der Waals surface area contributed by atoms with E-state index in [9.17, 15) is 0 Å². The molecule has 0 aliphatic rings. The molecule has 0 amide bonds. The summed E-state index contributed by atoms with van der Waals surface area (Å²) in [7, 11) is 0. The first-order chi connectivity index (χ1) is 2.81. The van der Waals surface area contributed by atoms with Crippen molar-refractivity contribution in [1.29, 1.82) is 0 Å². The summed E-state index contributed by atoms with van der Waals surface area (Å²) in [5.74, 6) is 0. The fraction of sp³-hybridized carbons (Fsp3) is 1.00. The summed E-state index contributed by atoms with van der Waals surface area (Å²) in [5.41, 5.74) is 0. The molecule has 0 spiro atoms. The van der Waals surface area contributed by atoms with Gasteiger partial charge >= 0.3 is 48.6 Å². The van der Waals surface area contributed by atoms with Crippen molar-refractivity contribution in [2.75, 3.05) is 12.3 Å². The molecule has 0 atom stereocenters. The summed E-state index contributed by atoms with van der Waals surface area (Å²) in [4.78, 5) is 0. The molecule has 0 fully saturated rings. The Hall–Kier alpha value is 1.92. The summed E-state index contributed by atoms with van der Waals surface area (Å²) in [6, 6.07) is 0. The molecule has 48 valence electrons. The molecule has 0 aliphatic carbocycles. The minimum Gasteiger partial charge on any atom is -1.00 e. The number of hydrogen-bond acceptors (Lipinski definition) is 0. The molecule has 0 unspecified atom stereocenters. The van der Waals surface area contributed by atoms with Gasteiger partial charge in [-0.25, -0.2) is 0 Å². The number of rotatable bonds is 2. The van der Waals surface area contributed by atoms with Gasteiger partial charge in [0.05, 0.1) is 0 Å². The maximum absolute atomic E-state index is 2.87. The standard InChI is InChI=1S/C4H10P.Al.2BrH/c1-3-5-4-2;;;/h3-4H2,1-2H3;;2*1H/q-1;+3;;/p-2. The second kappa shape index (κ2) is 11.7. The Morgan fingerprint density at radius 1 is 1.12 bits per heavy atom. The fourth-order valence-corrected chi connectivity index (χ4v) is 0.671. The van der Waals surface area contributed by atoms with Gasteiger partial charge in [0.25, 0.3) is 0 Å². The summed E-state index contributed by atoms with van der Waals surface area (Å²) in [6.45, 7) is 4.82. The molecule has 0 nitrogen and oxygen atoms in total. The van der Waals surface area contributed by atoms with Gasteiger partial charge in [-0.3, -0.25) is 0 Å². The molecule has 0 aromatic rings. The van der Waals surface area contributed by atoms with Crippen molar-refractivity contribution in [2.45, 2.75) is 13.8 Å². The molecule has 0 radical (unpaired) electrons. The van der Waals surface area contributed by atoms with Gasteiger partial charge in [0, 0.05) is 0 Å². The molecule has 4 heteroatoms. The van der Waals surface area contributed by atoms with Gasteiger partial charge in [-0.15, -0.1) is 0 Å². The Bertz CT molecular complexity index is 33.2. The van der Waals surface area contributed by atoms with E-state index in [-0.39, 0.29) is 34.0 Å². The van der Waals surface area contributed by atoms with E-state index in [1.165, 1.54) is 12.3 Å². The average Bonchev–Trinajstić information content (AvgIpc) is 1.65. The van der Waals surface area contributed by atoms with Gasteiger partial charge < -0.3 is 34.0 Å². The topological polar surface area (TPSA) is 0 Å². The largest absolute Gasteiger partial charge is 1.00 e. The first kappa shape index (κ1) is 16.5. The molecule has 0 aromatic carbocycles. The molecule has 0 heterocycles. The van der Waals surface area contributed by atoms with Crippen LogP contribution in [0.2, 0.25) is 0 Å². The first-order valence-corrected chi connectivity index (χ1v) is 5.64. The third kappa shape index (κ3) is 10.8. The maximum Gasteiger partial charge on any atom is -1.00 e. The summed E-state index contributed by atoms with van der Waals surface area (Å²) in [5, 5.41) is 0. The molecule has 0 saturated carbocycles. The smallest absolute Gasteiger partial charge is 1.00 e. The Balaban J connectivity index is -0.000000125. The van der Waals surface area contributed by atoms with E-state index in [2.05, 4.69) is 29.7 Å². The van der Waals surface area contributed by atoms with Crippen LogP contribution in [0.5, 0.6) is 0 Å². The monoisotopic (exact) mass is 274 g/mol. The van der Waals surface area contributed by atoms with Crippen LogP contribution in [0, 0.1) is 0 Å². The maximum atomic E-state index is 2.87. The normalized spacial score (nSPS) is 7.62. The van der Waals surface area contributed by atoms with Crippen molar-refractivity contribution in [3.63, 3.8) is 0 Å². The van der Waals surface area contributed by atoms with Crippen molar-refractivity contribution in [2.24, 2.45) is 0 Å². The minimum absolute atomic E-state index is 0. The van der Waals surface area contributed by atoms with Gasteiger partial charge in [0.1, 0.15) is 0 Å².